The second-order valence-corrected chi connectivity index (χ2v) is 8.54. The molecule has 1 fully saturated rings. The van der Waals surface area contributed by atoms with Gasteiger partial charge in [0.1, 0.15) is 0 Å². The van der Waals surface area contributed by atoms with Gasteiger partial charge in [-0.2, -0.15) is 5.06 Å². The summed E-state index contributed by atoms with van der Waals surface area (Å²) in [6, 6.07) is 0.0898. The second-order valence-electron chi connectivity index (χ2n) is 8.54. The number of nitrogens with zero attached hydrogens (tertiary/aromatic N) is 1. The van der Waals surface area contributed by atoms with Gasteiger partial charge in [-0.05, 0) is 52.9 Å². The second kappa shape index (κ2) is 7.77. The lowest BCUT2D eigenvalue weighted by atomic mass is 9.79. The van der Waals surface area contributed by atoms with E-state index >= 15 is 0 Å². The average Bonchev–Trinajstić information content (AvgIpc) is 2.34. The van der Waals surface area contributed by atoms with Gasteiger partial charge in [-0.1, -0.05) is 26.0 Å². The first-order chi connectivity index (χ1) is 10.4. The first-order valence-corrected chi connectivity index (χ1v) is 8.65. The highest BCUT2D eigenvalue weighted by molar-refractivity contribution is 5.77. The van der Waals surface area contributed by atoms with Gasteiger partial charge in [0.2, 0.25) is 5.91 Å². The molecule has 0 spiro atoms. The molecular weight excluding hydrogens is 290 g/mol. The molecule has 0 aliphatic carbocycles. The summed E-state index contributed by atoms with van der Waals surface area (Å²) in [6.07, 6.45) is 6.52. The number of hydrogen-bond donors (Lipinski definition) is 3. The molecule has 1 saturated heterocycles. The van der Waals surface area contributed by atoms with Crippen molar-refractivity contribution in [3.63, 3.8) is 0 Å². The number of hydrogen-bond acceptors (Lipinski definition) is 4. The van der Waals surface area contributed by atoms with Crippen LogP contribution in [0.15, 0.2) is 12.2 Å². The Balaban J connectivity index is 2.50. The number of carbonyl (C=O) groups excluding carboxylic acids is 1. The lowest BCUT2D eigenvalue weighted by Crippen LogP contribution is -2.62. The van der Waals surface area contributed by atoms with Gasteiger partial charge in [0.05, 0.1) is 0 Å². The van der Waals surface area contributed by atoms with Crippen molar-refractivity contribution in [3.05, 3.63) is 12.2 Å². The highest BCUT2D eigenvalue weighted by Crippen LogP contribution is 2.36. The number of rotatable bonds is 6. The third kappa shape index (κ3) is 6.24. The van der Waals surface area contributed by atoms with Crippen molar-refractivity contribution in [3.8, 4) is 0 Å². The normalized spacial score (nSPS) is 23.3. The molecule has 1 aliphatic heterocycles. The predicted octanol–water partition coefficient (Wildman–Crippen LogP) is 2.83. The number of hydroxylamine groups is 2. The molecule has 0 bridgehead atoms. The van der Waals surface area contributed by atoms with Gasteiger partial charge >= 0.3 is 0 Å². The minimum Gasteiger partial charge on any atom is -0.353 e. The van der Waals surface area contributed by atoms with Crippen molar-refractivity contribution in [2.75, 3.05) is 0 Å². The standard InChI is InChI=1S/C18H35N3O2/c1-13(2)10-14(19)8-7-9-16(22)20-15-11-17(3,4)21(23)18(5,6)12-15/h7-8,13-15,23H,9-12,19H2,1-6H3,(H,20,22)/b8-7+/t14-/m1/s1. The van der Waals surface area contributed by atoms with E-state index in [1.165, 1.54) is 5.06 Å². The summed E-state index contributed by atoms with van der Waals surface area (Å²) >= 11 is 0. The lowest BCUT2D eigenvalue weighted by Gasteiger charge is -2.51. The van der Waals surface area contributed by atoms with Gasteiger partial charge in [0.15, 0.2) is 0 Å². The highest BCUT2D eigenvalue weighted by Gasteiger charge is 2.45. The highest BCUT2D eigenvalue weighted by atomic mass is 16.5. The fourth-order valence-corrected chi connectivity index (χ4v) is 3.63. The minimum absolute atomic E-state index is 0.0123. The molecule has 0 aromatic carbocycles. The zero-order valence-corrected chi connectivity index (χ0v) is 15.6. The smallest absolute Gasteiger partial charge is 0.224 e. The van der Waals surface area contributed by atoms with Crippen LogP contribution in [-0.4, -0.2) is 39.3 Å². The Bertz CT molecular complexity index is 412. The van der Waals surface area contributed by atoms with E-state index < -0.39 is 0 Å². The predicted molar refractivity (Wildman–Crippen MR) is 94.1 cm³/mol. The Labute approximate surface area is 141 Å². The van der Waals surface area contributed by atoms with Gasteiger partial charge in [-0.25, -0.2) is 0 Å². The maximum atomic E-state index is 12.1. The Kier molecular flexibility index (Phi) is 6.81. The van der Waals surface area contributed by atoms with E-state index in [1.54, 1.807) is 0 Å². The van der Waals surface area contributed by atoms with Crippen LogP contribution >= 0.6 is 0 Å². The van der Waals surface area contributed by atoms with Crippen LogP contribution in [0.3, 0.4) is 0 Å². The first kappa shape index (κ1) is 20.1. The van der Waals surface area contributed by atoms with Crippen molar-refractivity contribution in [2.45, 2.75) is 90.4 Å². The molecule has 23 heavy (non-hydrogen) atoms. The van der Waals surface area contributed by atoms with Crippen LogP contribution in [0.4, 0.5) is 0 Å². The Hall–Kier alpha value is -0.910. The Morgan fingerprint density at radius 3 is 2.30 bits per heavy atom. The zero-order chi connectivity index (χ0) is 17.8. The molecule has 5 nitrogen and oxygen atoms in total. The summed E-state index contributed by atoms with van der Waals surface area (Å²) in [5, 5.41) is 14.8. The maximum absolute atomic E-state index is 12.1. The summed E-state index contributed by atoms with van der Waals surface area (Å²) in [5.74, 6) is 0.567. The maximum Gasteiger partial charge on any atom is 0.224 e. The van der Waals surface area contributed by atoms with E-state index in [2.05, 4.69) is 19.2 Å². The van der Waals surface area contributed by atoms with E-state index in [9.17, 15) is 10.0 Å². The van der Waals surface area contributed by atoms with E-state index in [0.717, 1.165) is 19.3 Å². The van der Waals surface area contributed by atoms with E-state index in [4.69, 9.17) is 5.73 Å². The lowest BCUT2D eigenvalue weighted by molar-refractivity contribution is -0.246. The molecule has 4 N–H and O–H groups in total. The van der Waals surface area contributed by atoms with Crippen LogP contribution in [0.25, 0.3) is 0 Å². The zero-order valence-electron chi connectivity index (χ0n) is 15.6. The number of nitrogens with one attached hydrogen (secondary N) is 1. The fourth-order valence-electron chi connectivity index (χ4n) is 3.63. The number of nitrogens with two attached hydrogens (primary N) is 1. The fraction of sp³-hybridized carbons (Fsp3) is 0.833. The molecule has 0 unspecified atom stereocenters. The SMILES string of the molecule is CC(C)C[C@H](N)/C=C/CC(=O)NC1CC(C)(C)N(O)C(C)(C)C1. The summed E-state index contributed by atoms with van der Waals surface area (Å²) in [7, 11) is 0. The third-order valence-corrected chi connectivity index (χ3v) is 4.43. The summed E-state index contributed by atoms with van der Waals surface area (Å²) in [4.78, 5) is 12.1. The van der Waals surface area contributed by atoms with Gasteiger partial charge < -0.3 is 16.3 Å². The van der Waals surface area contributed by atoms with Crippen LogP contribution in [0.1, 0.15) is 67.2 Å². The van der Waals surface area contributed by atoms with Gasteiger partial charge in [-0.15, -0.1) is 0 Å². The minimum atomic E-state index is -0.352. The molecule has 1 heterocycles. The van der Waals surface area contributed by atoms with Gasteiger partial charge in [0.25, 0.3) is 0 Å². The number of piperidine rings is 1. The molecule has 134 valence electrons. The molecular formula is C18H35N3O2. The summed E-state index contributed by atoms with van der Waals surface area (Å²) < 4.78 is 0. The first-order valence-electron chi connectivity index (χ1n) is 8.65. The average molecular weight is 325 g/mol. The molecule has 0 aromatic rings. The number of amides is 1. The molecule has 5 heteroatoms. The largest absolute Gasteiger partial charge is 0.353 e. The molecule has 0 radical (unpaired) electrons. The van der Waals surface area contributed by atoms with E-state index in [0.29, 0.717) is 12.3 Å². The Morgan fingerprint density at radius 1 is 1.30 bits per heavy atom. The van der Waals surface area contributed by atoms with Crippen LogP contribution in [0.5, 0.6) is 0 Å². The van der Waals surface area contributed by atoms with Crippen molar-refractivity contribution in [1.29, 1.82) is 0 Å². The Morgan fingerprint density at radius 2 is 1.83 bits per heavy atom. The quantitative estimate of drug-likeness (QED) is 0.656. The molecule has 0 aromatic heterocycles. The molecule has 1 rings (SSSR count). The van der Waals surface area contributed by atoms with Gasteiger partial charge in [0, 0.05) is 29.6 Å². The van der Waals surface area contributed by atoms with Crippen LogP contribution < -0.4 is 11.1 Å². The number of carbonyl (C=O) groups is 1. The van der Waals surface area contributed by atoms with Crippen molar-refractivity contribution < 1.29 is 10.0 Å². The van der Waals surface area contributed by atoms with E-state index in [1.807, 2.05) is 39.8 Å². The van der Waals surface area contributed by atoms with Crippen molar-refractivity contribution in [2.24, 2.45) is 11.7 Å². The third-order valence-electron chi connectivity index (χ3n) is 4.43. The molecule has 0 saturated carbocycles. The van der Waals surface area contributed by atoms with Crippen LogP contribution in [-0.2, 0) is 4.79 Å². The van der Waals surface area contributed by atoms with Crippen molar-refractivity contribution >= 4 is 5.91 Å². The topological polar surface area (TPSA) is 78.6 Å². The molecule has 1 amide bonds. The van der Waals surface area contributed by atoms with Crippen LogP contribution in [0, 0.1) is 5.92 Å². The summed E-state index contributed by atoms with van der Waals surface area (Å²) in [5.41, 5.74) is 5.28. The summed E-state index contributed by atoms with van der Waals surface area (Å²) in [6.45, 7) is 12.3. The molecule has 1 aliphatic rings. The van der Waals surface area contributed by atoms with E-state index in [-0.39, 0.29) is 29.1 Å². The monoisotopic (exact) mass is 325 g/mol. The van der Waals surface area contributed by atoms with Crippen LogP contribution in [0.2, 0.25) is 0 Å². The van der Waals surface area contributed by atoms with Gasteiger partial charge in [-0.3, -0.25) is 4.79 Å². The van der Waals surface area contributed by atoms with Crippen molar-refractivity contribution in [1.82, 2.24) is 10.4 Å². The molecule has 1 atom stereocenters.